The van der Waals surface area contributed by atoms with Gasteiger partial charge in [0.05, 0.1) is 0 Å². The molecule has 1 aromatic rings. The Morgan fingerprint density at radius 3 is 2.61 bits per heavy atom. The monoisotopic (exact) mass is 263 g/mol. The highest BCUT2D eigenvalue weighted by molar-refractivity contribution is 8.00. The van der Waals surface area contributed by atoms with Crippen LogP contribution in [0.25, 0.3) is 0 Å². The predicted octanol–water partition coefficient (Wildman–Crippen LogP) is 4.40. The van der Waals surface area contributed by atoms with Crippen molar-refractivity contribution in [2.24, 2.45) is 0 Å². The van der Waals surface area contributed by atoms with Crippen LogP contribution in [0.2, 0.25) is 0 Å². The number of thioether (sulfide) groups is 1. The molecular weight excluding hydrogens is 238 g/mol. The Bertz CT molecular complexity index is 364. The van der Waals surface area contributed by atoms with E-state index in [2.05, 4.69) is 55.3 Å². The van der Waals surface area contributed by atoms with Gasteiger partial charge in [0.15, 0.2) is 0 Å². The van der Waals surface area contributed by atoms with Gasteiger partial charge < -0.3 is 5.32 Å². The van der Waals surface area contributed by atoms with Crippen LogP contribution in [0.1, 0.15) is 44.1 Å². The van der Waals surface area contributed by atoms with Gasteiger partial charge in [-0.1, -0.05) is 43.4 Å². The van der Waals surface area contributed by atoms with Gasteiger partial charge in [0.25, 0.3) is 0 Å². The lowest BCUT2D eigenvalue weighted by Crippen LogP contribution is -2.36. The molecule has 18 heavy (non-hydrogen) atoms. The summed E-state index contributed by atoms with van der Waals surface area (Å²) in [5.41, 5.74) is 1.37. The summed E-state index contributed by atoms with van der Waals surface area (Å²) < 4.78 is 0. The summed E-state index contributed by atoms with van der Waals surface area (Å²) in [6.45, 7) is 2.18. The van der Waals surface area contributed by atoms with Crippen molar-refractivity contribution in [3.63, 3.8) is 0 Å². The Morgan fingerprint density at radius 2 is 1.89 bits per heavy atom. The molecule has 0 saturated heterocycles. The zero-order valence-electron chi connectivity index (χ0n) is 11.6. The molecule has 0 bridgehead atoms. The third-order valence-corrected chi connectivity index (χ3v) is 5.24. The SMILES string of the molecule is CNC1CCCCCCC1Sc1cccc(C)c1. The lowest BCUT2D eigenvalue weighted by Gasteiger charge is -2.28. The molecule has 0 heterocycles. The van der Waals surface area contributed by atoms with Gasteiger partial charge in [0.2, 0.25) is 0 Å². The first-order valence-corrected chi connectivity index (χ1v) is 8.08. The van der Waals surface area contributed by atoms with Crippen molar-refractivity contribution >= 4 is 11.8 Å². The van der Waals surface area contributed by atoms with Gasteiger partial charge in [-0.15, -0.1) is 11.8 Å². The van der Waals surface area contributed by atoms with E-state index >= 15 is 0 Å². The van der Waals surface area contributed by atoms with Crippen molar-refractivity contribution in [3.05, 3.63) is 29.8 Å². The molecule has 2 rings (SSSR count). The molecular formula is C16H25NS. The van der Waals surface area contributed by atoms with Gasteiger partial charge >= 0.3 is 0 Å². The van der Waals surface area contributed by atoms with Crippen LogP contribution in [0.15, 0.2) is 29.2 Å². The number of hydrogen-bond acceptors (Lipinski definition) is 2. The van der Waals surface area contributed by atoms with Crippen LogP contribution in [-0.2, 0) is 0 Å². The van der Waals surface area contributed by atoms with E-state index in [1.807, 2.05) is 0 Å². The van der Waals surface area contributed by atoms with Crippen molar-refractivity contribution in [3.8, 4) is 0 Å². The van der Waals surface area contributed by atoms with Crippen molar-refractivity contribution < 1.29 is 0 Å². The standard InChI is InChI=1S/C16H25NS/c1-13-8-7-9-14(12-13)18-16-11-6-4-3-5-10-15(16)17-2/h7-9,12,15-17H,3-6,10-11H2,1-2H3. The largest absolute Gasteiger partial charge is 0.316 e. The maximum Gasteiger partial charge on any atom is 0.0248 e. The summed E-state index contributed by atoms with van der Waals surface area (Å²) in [5, 5.41) is 4.27. The maximum atomic E-state index is 3.54. The predicted molar refractivity (Wildman–Crippen MR) is 81.4 cm³/mol. The molecule has 2 heteroatoms. The lowest BCUT2D eigenvalue weighted by atomic mass is 9.96. The van der Waals surface area contributed by atoms with E-state index in [-0.39, 0.29) is 0 Å². The van der Waals surface area contributed by atoms with Gasteiger partial charge in [-0.25, -0.2) is 0 Å². The second-order valence-electron chi connectivity index (χ2n) is 5.36. The molecule has 2 unspecified atom stereocenters. The summed E-state index contributed by atoms with van der Waals surface area (Å²) in [4.78, 5) is 1.43. The first kappa shape index (κ1) is 14.0. The molecule has 2 atom stereocenters. The van der Waals surface area contributed by atoms with E-state index in [1.54, 1.807) is 0 Å². The van der Waals surface area contributed by atoms with E-state index in [1.165, 1.54) is 49.0 Å². The highest BCUT2D eigenvalue weighted by atomic mass is 32.2. The zero-order valence-corrected chi connectivity index (χ0v) is 12.4. The van der Waals surface area contributed by atoms with E-state index < -0.39 is 0 Å². The molecule has 1 nitrogen and oxygen atoms in total. The van der Waals surface area contributed by atoms with Crippen LogP contribution >= 0.6 is 11.8 Å². The van der Waals surface area contributed by atoms with E-state index in [9.17, 15) is 0 Å². The average Bonchev–Trinajstić information content (AvgIpc) is 2.33. The van der Waals surface area contributed by atoms with E-state index in [4.69, 9.17) is 0 Å². The number of benzene rings is 1. The maximum absolute atomic E-state index is 3.54. The number of rotatable bonds is 3. The van der Waals surface area contributed by atoms with Crippen molar-refractivity contribution in [2.75, 3.05) is 7.05 Å². The highest BCUT2D eigenvalue weighted by Crippen LogP contribution is 2.32. The number of aryl methyl sites for hydroxylation is 1. The fourth-order valence-electron chi connectivity index (χ4n) is 2.79. The fourth-order valence-corrected chi connectivity index (χ4v) is 4.27. The minimum absolute atomic E-state index is 0.677. The summed E-state index contributed by atoms with van der Waals surface area (Å²) in [5.74, 6) is 0. The number of hydrogen-bond donors (Lipinski definition) is 1. The Balaban J connectivity index is 2.03. The molecule has 1 aliphatic rings. The third kappa shape index (κ3) is 4.03. The minimum atomic E-state index is 0.677. The molecule has 1 fully saturated rings. The first-order valence-electron chi connectivity index (χ1n) is 7.20. The highest BCUT2D eigenvalue weighted by Gasteiger charge is 2.22. The molecule has 100 valence electrons. The van der Waals surface area contributed by atoms with Crippen LogP contribution in [0, 0.1) is 6.92 Å². The van der Waals surface area contributed by atoms with Gasteiger partial charge in [0, 0.05) is 16.2 Å². The Morgan fingerprint density at radius 1 is 1.11 bits per heavy atom. The Labute approximate surface area is 116 Å². The molecule has 0 radical (unpaired) electrons. The summed E-state index contributed by atoms with van der Waals surface area (Å²) in [6.07, 6.45) is 8.30. The van der Waals surface area contributed by atoms with Crippen LogP contribution in [0.5, 0.6) is 0 Å². The first-order chi connectivity index (χ1) is 8.79. The zero-order chi connectivity index (χ0) is 12.8. The molecule has 1 N–H and O–H groups in total. The van der Waals surface area contributed by atoms with Crippen molar-refractivity contribution in [1.82, 2.24) is 5.32 Å². The normalized spacial score (nSPS) is 25.4. The second kappa shape index (κ2) is 7.20. The molecule has 0 aromatic heterocycles. The van der Waals surface area contributed by atoms with Crippen molar-refractivity contribution in [1.29, 1.82) is 0 Å². The van der Waals surface area contributed by atoms with Crippen LogP contribution in [-0.4, -0.2) is 18.3 Å². The van der Waals surface area contributed by atoms with Gasteiger partial charge in [-0.05, 0) is 38.9 Å². The molecule has 1 aliphatic carbocycles. The fraction of sp³-hybridized carbons (Fsp3) is 0.625. The average molecular weight is 263 g/mol. The summed E-state index contributed by atoms with van der Waals surface area (Å²) in [7, 11) is 2.12. The molecule has 0 amide bonds. The molecule has 0 spiro atoms. The van der Waals surface area contributed by atoms with E-state index in [0.717, 1.165) is 5.25 Å². The third-order valence-electron chi connectivity index (χ3n) is 3.85. The quantitative estimate of drug-likeness (QED) is 0.867. The Hall–Kier alpha value is -0.470. The van der Waals surface area contributed by atoms with Crippen LogP contribution < -0.4 is 5.32 Å². The minimum Gasteiger partial charge on any atom is -0.316 e. The van der Waals surface area contributed by atoms with E-state index in [0.29, 0.717) is 6.04 Å². The van der Waals surface area contributed by atoms with Gasteiger partial charge in [0.1, 0.15) is 0 Å². The lowest BCUT2D eigenvalue weighted by molar-refractivity contribution is 0.420. The van der Waals surface area contributed by atoms with Crippen LogP contribution in [0.4, 0.5) is 0 Å². The number of nitrogens with one attached hydrogen (secondary N) is 1. The molecule has 1 saturated carbocycles. The summed E-state index contributed by atoms with van der Waals surface area (Å²) >= 11 is 2.07. The Kier molecular flexibility index (Phi) is 5.58. The second-order valence-corrected chi connectivity index (χ2v) is 6.67. The molecule has 0 aliphatic heterocycles. The summed E-state index contributed by atoms with van der Waals surface area (Å²) in [6, 6.07) is 9.60. The van der Waals surface area contributed by atoms with Crippen molar-refractivity contribution in [2.45, 2.75) is 61.6 Å². The topological polar surface area (TPSA) is 12.0 Å². The van der Waals surface area contributed by atoms with Crippen LogP contribution in [0.3, 0.4) is 0 Å². The smallest absolute Gasteiger partial charge is 0.0248 e. The molecule has 1 aromatic carbocycles. The van der Waals surface area contributed by atoms with Gasteiger partial charge in [-0.2, -0.15) is 0 Å². The van der Waals surface area contributed by atoms with Gasteiger partial charge in [-0.3, -0.25) is 0 Å².